The minimum atomic E-state index is -0.318. The molecule has 1 aliphatic heterocycles. The summed E-state index contributed by atoms with van der Waals surface area (Å²) in [6.45, 7) is 3.51. The molecule has 0 radical (unpaired) electrons. The van der Waals surface area contributed by atoms with Gasteiger partial charge in [-0.15, -0.1) is 0 Å². The number of fused-ring (bicyclic) bond motifs is 1. The topological polar surface area (TPSA) is 83.3 Å². The molecule has 162 valence electrons. The van der Waals surface area contributed by atoms with Crippen molar-refractivity contribution in [2.45, 2.75) is 6.29 Å². The Hall–Kier alpha value is -4.65. The number of nitrogens with zero attached hydrogens (tertiary/aromatic N) is 3. The lowest BCUT2D eigenvalue weighted by molar-refractivity contribution is -0.111. The van der Waals surface area contributed by atoms with Crippen LogP contribution >= 0.6 is 0 Å². The smallest absolute Gasteiger partial charge is 0.247 e. The molecule has 1 aliphatic rings. The van der Waals surface area contributed by atoms with Crippen molar-refractivity contribution in [3.8, 4) is 16.8 Å². The number of carbonyl (C=O) groups is 1. The Morgan fingerprint density at radius 3 is 2.70 bits per heavy atom. The highest BCUT2D eigenvalue weighted by molar-refractivity contribution is 6.00. The van der Waals surface area contributed by atoms with E-state index in [0.29, 0.717) is 5.69 Å². The number of benzene rings is 3. The first kappa shape index (κ1) is 20.3. The molecule has 1 atom stereocenters. The van der Waals surface area contributed by atoms with Crippen LogP contribution in [0, 0.1) is 0 Å². The third-order valence-electron chi connectivity index (χ3n) is 5.34. The van der Waals surface area contributed by atoms with Gasteiger partial charge >= 0.3 is 0 Å². The van der Waals surface area contributed by atoms with Gasteiger partial charge in [0.2, 0.25) is 5.91 Å². The average Bonchev–Trinajstić information content (AvgIpc) is 3.39. The molecule has 1 aromatic heterocycles. The molecule has 0 fully saturated rings. The van der Waals surface area contributed by atoms with Crippen LogP contribution in [0.2, 0.25) is 0 Å². The number of carbonyl (C=O) groups excluding carboxylic acids is 1. The fraction of sp³-hybridized carbons (Fsp3) is 0.0385. The molecule has 1 unspecified atom stereocenters. The van der Waals surface area contributed by atoms with Crippen LogP contribution < -0.4 is 16.0 Å². The van der Waals surface area contributed by atoms with Crippen molar-refractivity contribution in [3.63, 3.8) is 0 Å². The summed E-state index contributed by atoms with van der Waals surface area (Å²) in [5.41, 5.74) is 6.69. The molecule has 3 N–H and O–H groups in total. The maximum Gasteiger partial charge on any atom is 0.247 e. The predicted molar refractivity (Wildman–Crippen MR) is 133 cm³/mol. The highest BCUT2D eigenvalue weighted by Gasteiger charge is 2.18. The van der Waals surface area contributed by atoms with Gasteiger partial charge in [0.15, 0.2) is 6.29 Å². The maximum atomic E-state index is 11.7. The SMILES string of the molecule is C=CC(=O)Nc1cccc(-c2cccc3c2NC(Nc2ccc(-n4ccnc4)cc2)N=C3)c1. The molecule has 0 spiro atoms. The van der Waals surface area contributed by atoms with Gasteiger partial charge in [0.25, 0.3) is 0 Å². The van der Waals surface area contributed by atoms with Crippen molar-refractivity contribution >= 4 is 29.2 Å². The van der Waals surface area contributed by atoms with Gasteiger partial charge < -0.3 is 20.5 Å². The normalized spacial score (nSPS) is 14.1. The Labute approximate surface area is 191 Å². The number of anilines is 3. The third-order valence-corrected chi connectivity index (χ3v) is 5.34. The molecule has 3 aromatic carbocycles. The summed E-state index contributed by atoms with van der Waals surface area (Å²) in [6, 6.07) is 21.9. The standard InChI is InChI=1S/C26H22N6O/c1-2-24(33)29-21-7-3-5-18(15-21)23-8-4-6-19-16-28-26(31-25(19)23)30-20-9-11-22(12-10-20)32-14-13-27-17-32/h2-17,26,30-31H,1H2,(H,29,33). The van der Waals surface area contributed by atoms with Crippen molar-refractivity contribution in [1.82, 2.24) is 9.55 Å². The van der Waals surface area contributed by atoms with E-state index in [1.54, 1.807) is 12.5 Å². The minimum Gasteiger partial charge on any atom is -0.347 e. The van der Waals surface area contributed by atoms with Crippen molar-refractivity contribution in [2.24, 2.45) is 4.99 Å². The molecular weight excluding hydrogens is 412 g/mol. The van der Waals surface area contributed by atoms with Gasteiger partial charge in [-0.2, -0.15) is 0 Å². The first-order chi connectivity index (χ1) is 16.2. The van der Waals surface area contributed by atoms with Crippen LogP contribution in [-0.2, 0) is 4.79 Å². The van der Waals surface area contributed by atoms with Gasteiger partial charge in [-0.05, 0) is 48.0 Å². The number of hydrogen-bond donors (Lipinski definition) is 3. The summed E-state index contributed by atoms with van der Waals surface area (Å²) in [5, 5.41) is 9.73. The number of hydrogen-bond acceptors (Lipinski definition) is 5. The second kappa shape index (κ2) is 8.84. The highest BCUT2D eigenvalue weighted by Crippen LogP contribution is 2.34. The van der Waals surface area contributed by atoms with E-state index in [4.69, 9.17) is 0 Å². The molecule has 0 aliphatic carbocycles. The second-order valence-corrected chi connectivity index (χ2v) is 7.53. The van der Waals surface area contributed by atoms with Crippen LogP contribution in [0.25, 0.3) is 16.8 Å². The fourth-order valence-electron chi connectivity index (χ4n) is 3.74. The summed E-state index contributed by atoms with van der Waals surface area (Å²) < 4.78 is 1.95. The molecule has 5 rings (SSSR count). The van der Waals surface area contributed by atoms with E-state index >= 15 is 0 Å². The van der Waals surface area contributed by atoms with Crippen molar-refractivity contribution in [2.75, 3.05) is 16.0 Å². The Morgan fingerprint density at radius 1 is 1.06 bits per heavy atom. The highest BCUT2D eigenvalue weighted by atomic mass is 16.1. The second-order valence-electron chi connectivity index (χ2n) is 7.53. The van der Waals surface area contributed by atoms with Gasteiger partial charge in [-0.25, -0.2) is 9.98 Å². The number of nitrogens with one attached hydrogen (secondary N) is 3. The lowest BCUT2D eigenvalue weighted by atomic mass is 9.99. The molecule has 4 aromatic rings. The number of amides is 1. The Balaban J connectivity index is 1.37. The summed E-state index contributed by atoms with van der Waals surface area (Å²) in [7, 11) is 0. The quantitative estimate of drug-likeness (QED) is 0.377. The van der Waals surface area contributed by atoms with E-state index < -0.39 is 0 Å². The van der Waals surface area contributed by atoms with E-state index in [1.807, 2.05) is 77.6 Å². The Kier molecular flexibility index (Phi) is 5.43. The number of rotatable bonds is 6. The zero-order chi connectivity index (χ0) is 22.6. The van der Waals surface area contributed by atoms with Gasteiger partial charge in [-0.1, -0.05) is 36.9 Å². The third kappa shape index (κ3) is 4.38. The summed E-state index contributed by atoms with van der Waals surface area (Å²) >= 11 is 0. The first-order valence-corrected chi connectivity index (χ1v) is 10.5. The summed E-state index contributed by atoms with van der Waals surface area (Å²) in [5.74, 6) is -0.240. The largest absolute Gasteiger partial charge is 0.347 e. The number of para-hydroxylation sites is 1. The number of imidazole rings is 1. The zero-order valence-electron chi connectivity index (χ0n) is 17.8. The number of aromatic nitrogens is 2. The fourth-order valence-corrected chi connectivity index (χ4v) is 3.74. The number of aliphatic imine (C=N–C) groups is 1. The predicted octanol–water partition coefficient (Wildman–Crippen LogP) is 4.90. The Bertz CT molecular complexity index is 1330. The first-order valence-electron chi connectivity index (χ1n) is 10.5. The van der Waals surface area contributed by atoms with Crippen LogP contribution in [0.3, 0.4) is 0 Å². The summed E-state index contributed by atoms with van der Waals surface area (Å²) in [6.07, 6.45) is 8.24. The maximum absolute atomic E-state index is 11.7. The average molecular weight is 435 g/mol. The van der Waals surface area contributed by atoms with E-state index in [2.05, 4.69) is 38.6 Å². The summed E-state index contributed by atoms with van der Waals surface area (Å²) in [4.78, 5) is 20.4. The molecular formula is C26H22N6O. The van der Waals surface area contributed by atoms with Gasteiger partial charge in [0.05, 0.1) is 12.0 Å². The molecule has 33 heavy (non-hydrogen) atoms. The lowest BCUT2D eigenvalue weighted by Gasteiger charge is -2.25. The van der Waals surface area contributed by atoms with Gasteiger partial charge in [0, 0.05) is 46.8 Å². The van der Waals surface area contributed by atoms with Crippen LogP contribution in [0.1, 0.15) is 5.56 Å². The monoisotopic (exact) mass is 434 g/mol. The van der Waals surface area contributed by atoms with Crippen LogP contribution in [0.5, 0.6) is 0 Å². The van der Waals surface area contributed by atoms with Crippen LogP contribution in [0.4, 0.5) is 17.1 Å². The van der Waals surface area contributed by atoms with E-state index in [9.17, 15) is 4.79 Å². The van der Waals surface area contributed by atoms with Crippen molar-refractivity contribution < 1.29 is 4.79 Å². The molecule has 2 heterocycles. The molecule has 7 nitrogen and oxygen atoms in total. The van der Waals surface area contributed by atoms with E-state index in [0.717, 1.165) is 33.8 Å². The van der Waals surface area contributed by atoms with Crippen LogP contribution in [0.15, 0.2) is 103 Å². The molecule has 7 heteroatoms. The minimum absolute atomic E-state index is 0.240. The van der Waals surface area contributed by atoms with E-state index in [-0.39, 0.29) is 12.2 Å². The lowest BCUT2D eigenvalue weighted by Crippen LogP contribution is -2.30. The van der Waals surface area contributed by atoms with Crippen LogP contribution in [-0.4, -0.2) is 28.0 Å². The van der Waals surface area contributed by atoms with Crippen molar-refractivity contribution in [3.05, 3.63) is 104 Å². The van der Waals surface area contributed by atoms with Gasteiger partial charge in [0.1, 0.15) is 0 Å². The van der Waals surface area contributed by atoms with E-state index in [1.165, 1.54) is 6.08 Å². The Morgan fingerprint density at radius 2 is 1.91 bits per heavy atom. The molecule has 0 saturated heterocycles. The zero-order valence-corrected chi connectivity index (χ0v) is 17.8. The molecule has 0 saturated carbocycles. The van der Waals surface area contributed by atoms with Gasteiger partial charge in [-0.3, -0.25) is 4.79 Å². The molecule has 1 amide bonds. The van der Waals surface area contributed by atoms with Crippen molar-refractivity contribution in [1.29, 1.82) is 0 Å². The molecule has 0 bridgehead atoms.